The van der Waals surface area contributed by atoms with Gasteiger partial charge in [-0.15, -0.1) is 0 Å². The van der Waals surface area contributed by atoms with E-state index in [-0.39, 0.29) is 5.91 Å². The quantitative estimate of drug-likeness (QED) is 0.872. The Morgan fingerprint density at radius 1 is 1.35 bits per heavy atom. The molecule has 3 aliphatic rings. The highest BCUT2D eigenvalue weighted by atomic mass is 16.7. The molecule has 0 saturated carbocycles. The number of hydrogen-bond acceptors (Lipinski definition) is 5. The van der Waals surface area contributed by atoms with E-state index in [0.29, 0.717) is 31.5 Å². The summed E-state index contributed by atoms with van der Waals surface area (Å²) in [5.74, 6) is -0.602. The molecule has 7 heteroatoms. The summed E-state index contributed by atoms with van der Waals surface area (Å²) in [6, 6.07) is 2.17. The third kappa shape index (κ3) is 3.00. The van der Waals surface area contributed by atoms with Gasteiger partial charge in [0.2, 0.25) is 0 Å². The van der Waals surface area contributed by atoms with Gasteiger partial charge in [0, 0.05) is 25.7 Å². The molecule has 0 aliphatic carbocycles. The second kappa shape index (κ2) is 6.22. The second-order valence-electron chi connectivity index (χ2n) is 6.62. The van der Waals surface area contributed by atoms with E-state index in [9.17, 15) is 4.79 Å². The molecule has 0 aromatic carbocycles. The first-order valence-electron chi connectivity index (χ1n) is 8.59. The summed E-state index contributed by atoms with van der Waals surface area (Å²) >= 11 is 0. The summed E-state index contributed by atoms with van der Waals surface area (Å²) in [5, 5.41) is 7.91. The average Bonchev–Trinajstić information content (AvgIpc) is 3.25. The molecular weight excluding hydrogens is 296 g/mol. The van der Waals surface area contributed by atoms with Gasteiger partial charge in [-0.1, -0.05) is 0 Å². The molecule has 7 nitrogen and oxygen atoms in total. The van der Waals surface area contributed by atoms with Crippen molar-refractivity contribution < 1.29 is 14.3 Å². The molecule has 1 amide bonds. The van der Waals surface area contributed by atoms with Crippen molar-refractivity contribution in [2.24, 2.45) is 0 Å². The number of nitrogens with one attached hydrogen (secondary N) is 1. The number of carbonyl (C=O) groups is 1. The van der Waals surface area contributed by atoms with E-state index in [0.717, 1.165) is 45.3 Å². The zero-order chi connectivity index (χ0) is 15.7. The Hall–Kier alpha value is -1.44. The van der Waals surface area contributed by atoms with E-state index >= 15 is 0 Å². The predicted octanol–water partition coefficient (Wildman–Crippen LogP) is 0.787. The monoisotopic (exact) mass is 320 g/mol. The highest BCUT2D eigenvalue weighted by molar-refractivity contribution is 5.92. The van der Waals surface area contributed by atoms with Crippen LogP contribution >= 0.6 is 0 Å². The van der Waals surface area contributed by atoms with Gasteiger partial charge in [-0.25, -0.2) is 0 Å². The van der Waals surface area contributed by atoms with Crippen molar-refractivity contribution in [1.82, 2.24) is 20.0 Å². The van der Waals surface area contributed by atoms with Crippen LogP contribution in [0, 0.1) is 0 Å². The molecule has 1 atom stereocenters. The lowest BCUT2D eigenvalue weighted by molar-refractivity contribution is -0.183. The SMILES string of the molecule is O=C(c1ccn(C2CCCNC2)n1)N1CCCC2(C1)OCCO2. The summed E-state index contributed by atoms with van der Waals surface area (Å²) < 4.78 is 13.4. The van der Waals surface area contributed by atoms with E-state index in [2.05, 4.69) is 10.4 Å². The van der Waals surface area contributed by atoms with Crippen LogP contribution in [0.5, 0.6) is 0 Å². The van der Waals surface area contributed by atoms with Crippen molar-refractivity contribution in [2.75, 3.05) is 39.4 Å². The van der Waals surface area contributed by atoms with Crippen molar-refractivity contribution in [3.05, 3.63) is 18.0 Å². The molecule has 126 valence electrons. The van der Waals surface area contributed by atoms with Crippen LogP contribution in [0.15, 0.2) is 12.3 Å². The maximum atomic E-state index is 12.8. The molecule has 3 saturated heterocycles. The first kappa shape index (κ1) is 15.1. The van der Waals surface area contributed by atoms with Crippen LogP contribution in [0.3, 0.4) is 0 Å². The first-order chi connectivity index (χ1) is 11.3. The summed E-state index contributed by atoms with van der Waals surface area (Å²) in [5.41, 5.74) is 0.519. The molecule has 3 fully saturated rings. The number of carbonyl (C=O) groups excluding carboxylic acids is 1. The number of rotatable bonds is 2. The van der Waals surface area contributed by atoms with Gasteiger partial charge in [0.25, 0.3) is 5.91 Å². The van der Waals surface area contributed by atoms with E-state index in [1.165, 1.54) is 0 Å². The maximum absolute atomic E-state index is 12.8. The lowest BCUT2D eigenvalue weighted by Crippen LogP contribution is -2.51. The van der Waals surface area contributed by atoms with Crippen LogP contribution < -0.4 is 5.32 Å². The van der Waals surface area contributed by atoms with Crippen LogP contribution in [0.1, 0.15) is 42.2 Å². The Bertz CT molecular complexity index is 561. The van der Waals surface area contributed by atoms with E-state index in [1.807, 2.05) is 21.8 Å². The largest absolute Gasteiger partial charge is 0.346 e. The molecule has 1 unspecified atom stereocenters. The number of likely N-dealkylation sites (tertiary alicyclic amines) is 1. The van der Waals surface area contributed by atoms with Crippen molar-refractivity contribution in [3.63, 3.8) is 0 Å². The van der Waals surface area contributed by atoms with Gasteiger partial charge in [0.1, 0.15) is 5.69 Å². The minimum absolute atomic E-state index is 0.0225. The van der Waals surface area contributed by atoms with Crippen LogP contribution in [-0.2, 0) is 9.47 Å². The van der Waals surface area contributed by atoms with Crippen molar-refractivity contribution in [1.29, 1.82) is 0 Å². The summed E-state index contributed by atoms with van der Waals surface area (Å²) in [6.07, 6.45) is 5.94. The van der Waals surface area contributed by atoms with Crippen LogP contribution in [0.25, 0.3) is 0 Å². The number of nitrogens with zero attached hydrogens (tertiary/aromatic N) is 3. The number of amides is 1. The van der Waals surface area contributed by atoms with Gasteiger partial charge in [-0.05, 0) is 31.9 Å². The Labute approximate surface area is 135 Å². The number of ether oxygens (including phenoxy) is 2. The zero-order valence-electron chi connectivity index (χ0n) is 13.4. The molecule has 4 heterocycles. The first-order valence-corrected chi connectivity index (χ1v) is 8.59. The Balaban J connectivity index is 1.45. The van der Waals surface area contributed by atoms with E-state index in [1.54, 1.807) is 0 Å². The lowest BCUT2D eigenvalue weighted by Gasteiger charge is -2.38. The van der Waals surface area contributed by atoms with Crippen LogP contribution in [0.2, 0.25) is 0 Å². The Kier molecular flexibility index (Phi) is 4.09. The molecule has 1 N–H and O–H groups in total. The standard InChI is InChI=1S/C16H24N4O3/c21-15(19-7-2-5-16(12-19)22-9-10-23-16)14-4-8-20(18-14)13-3-1-6-17-11-13/h4,8,13,17H,1-3,5-7,9-12H2. The van der Waals surface area contributed by atoms with E-state index in [4.69, 9.17) is 9.47 Å². The smallest absolute Gasteiger partial charge is 0.274 e. The molecule has 1 aromatic heterocycles. The van der Waals surface area contributed by atoms with Crippen LogP contribution in [-0.4, -0.2) is 65.8 Å². The lowest BCUT2D eigenvalue weighted by atomic mass is 10.0. The normalized spacial score (nSPS) is 27.5. The predicted molar refractivity (Wildman–Crippen MR) is 83.1 cm³/mol. The second-order valence-corrected chi connectivity index (χ2v) is 6.62. The van der Waals surface area contributed by atoms with Gasteiger partial charge in [-0.2, -0.15) is 5.10 Å². The molecule has 1 spiro atoms. The van der Waals surface area contributed by atoms with Gasteiger partial charge >= 0.3 is 0 Å². The number of aromatic nitrogens is 2. The molecule has 1 aromatic rings. The summed E-state index contributed by atoms with van der Waals surface area (Å²) in [4.78, 5) is 14.6. The fourth-order valence-corrected chi connectivity index (χ4v) is 3.77. The Morgan fingerprint density at radius 3 is 3.00 bits per heavy atom. The molecule has 0 radical (unpaired) electrons. The third-order valence-electron chi connectivity index (χ3n) is 4.99. The van der Waals surface area contributed by atoms with Gasteiger partial charge in [-0.3, -0.25) is 9.48 Å². The van der Waals surface area contributed by atoms with Crippen molar-refractivity contribution in [2.45, 2.75) is 37.5 Å². The van der Waals surface area contributed by atoms with E-state index < -0.39 is 5.79 Å². The minimum atomic E-state index is -0.580. The third-order valence-corrected chi connectivity index (χ3v) is 4.99. The fourth-order valence-electron chi connectivity index (χ4n) is 3.77. The van der Waals surface area contributed by atoms with Crippen molar-refractivity contribution >= 4 is 5.91 Å². The van der Waals surface area contributed by atoms with Crippen molar-refractivity contribution in [3.8, 4) is 0 Å². The van der Waals surface area contributed by atoms with Gasteiger partial charge in [0.15, 0.2) is 5.79 Å². The number of hydrogen-bond donors (Lipinski definition) is 1. The maximum Gasteiger partial charge on any atom is 0.274 e. The molecule has 3 aliphatic heterocycles. The Morgan fingerprint density at radius 2 is 2.22 bits per heavy atom. The molecule has 0 bridgehead atoms. The fraction of sp³-hybridized carbons (Fsp3) is 0.750. The molecule has 4 rings (SSSR count). The highest BCUT2D eigenvalue weighted by Crippen LogP contribution is 2.30. The highest BCUT2D eigenvalue weighted by Gasteiger charge is 2.42. The zero-order valence-corrected chi connectivity index (χ0v) is 13.4. The summed E-state index contributed by atoms with van der Waals surface area (Å²) in [6.45, 7) is 4.47. The van der Waals surface area contributed by atoms with Gasteiger partial charge < -0.3 is 19.7 Å². The minimum Gasteiger partial charge on any atom is -0.346 e. The molecular formula is C16H24N4O3. The van der Waals surface area contributed by atoms with Gasteiger partial charge in [0.05, 0.1) is 25.8 Å². The van der Waals surface area contributed by atoms with Crippen LogP contribution in [0.4, 0.5) is 0 Å². The average molecular weight is 320 g/mol. The topological polar surface area (TPSA) is 68.6 Å². The molecule has 23 heavy (non-hydrogen) atoms. The number of piperidine rings is 2. The summed E-state index contributed by atoms with van der Waals surface area (Å²) in [7, 11) is 0.